The third kappa shape index (κ3) is 2.84. The molecule has 0 spiro atoms. The molecule has 0 aromatic carbocycles. The minimum atomic E-state index is -0.0342. The van der Waals surface area contributed by atoms with Crippen LogP contribution >= 0.6 is 34.2 Å². The fourth-order valence-corrected chi connectivity index (χ4v) is 1.96. The summed E-state index contributed by atoms with van der Waals surface area (Å²) in [5.74, 6) is 0.686. The summed E-state index contributed by atoms with van der Waals surface area (Å²) in [6.45, 7) is 2.26. The quantitative estimate of drug-likeness (QED) is 0.609. The molecule has 0 amide bonds. The number of halogens is 2. The molecule has 0 unspecified atom stereocenters. The molecule has 0 aliphatic carbocycles. The van der Waals surface area contributed by atoms with Crippen LogP contribution in [0.3, 0.4) is 0 Å². The van der Waals surface area contributed by atoms with E-state index in [0.717, 1.165) is 5.56 Å². The number of pyridine rings is 1. The first-order valence-electron chi connectivity index (χ1n) is 4.90. The van der Waals surface area contributed by atoms with E-state index in [1.165, 1.54) is 0 Å². The lowest BCUT2D eigenvalue weighted by molar-refractivity contribution is 0.693. The number of hydrogen-bond donors (Lipinski definition) is 0. The second-order valence-corrected chi connectivity index (χ2v) is 5.08. The van der Waals surface area contributed by atoms with Crippen molar-refractivity contribution in [2.75, 3.05) is 0 Å². The summed E-state index contributed by atoms with van der Waals surface area (Å²) in [6, 6.07) is 3.56. The Balaban J connectivity index is 2.39. The Morgan fingerprint density at radius 1 is 1.35 bits per heavy atom. The molecule has 2 heterocycles. The minimum absolute atomic E-state index is 0.0342. The van der Waals surface area contributed by atoms with Gasteiger partial charge in [0.05, 0.1) is 10.1 Å². The second kappa shape index (κ2) is 5.14. The molecule has 2 aromatic rings. The number of rotatable bonds is 2. The standard InChI is InChI=1S/C11H9ClIN3O/c1-7-14-5-9(13)11(17)16(7)6-8-2-3-10(12)15-4-8/h2-5H,6H2,1H3. The number of nitrogens with zero attached hydrogens (tertiary/aromatic N) is 3. The lowest BCUT2D eigenvalue weighted by atomic mass is 10.3. The molecule has 88 valence electrons. The molecule has 0 bridgehead atoms. The van der Waals surface area contributed by atoms with E-state index in [2.05, 4.69) is 9.97 Å². The Labute approximate surface area is 117 Å². The van der Waals surface area contributed by atoms with E-state index in [-0.39, 0.29) is 5.56 Å². The zero-order valence-electron chi connectivity index (χ0n) is 9.02. The van der Waals surface area contributed by atoms with Gasteiger partial charge in [-0.25, -0.2) is 9.97 Å². The molecule has 0 aliphatic rings. The second-order valence-electron chi connectivity index (χ2n) is 3.53. The summed E-state index contributed by atoms with van der Waals surface area (Å²) in [5.41, 5.74) is 0.886. The van der Waals surface area contributed by atoms with Gasteiger partial charge in [0.25, 0.3) is 5.56 Å². The molecular weight excluding hydrogens is 352 g/mol. The van der Waals surface area contributed by atoms with Crippen LogP contribution in [0.25, 0.3) is 0 Å². The van der Waals surface area contributed by atoms with E-state index in [1.807, 2.05) is 28.7 Å². The van der Waals surface area contributed by atoms with Gasteiger partial charge in [-0.15, -0.1) is 0 Å². The third-order valence-electron chi connectivity index (χ3n) is 2.33. The van der Waals surface area contributed by atoms with E-state index < -0.39 is 0 Å². The summed E-state index contributed by atoms with van der Waals surface area (Å²) >= 11 is 7.69. The molecule has 0 N–H and O–H groups in total. The van der Waals surface area contributed by atoms with Crippen LogP contribution in [0.2, 0.25) is 5.15 Å². The number of aryl methyl sites for hydroxylation is 1. The van der Waals surface area contributed by atoms with Crippen LogP contribution < -0.4 is 5.56 Å². The van der Waals surface area contributed by atoms with Crippen LogP contribution in [0.15, 0.2) is 29.3 Å². The molecular formula is C11H9ClIN3O. The van der Waals surface area contributed by atoms with Crippen LogP contribution in [0, 0.1) is 10.5 Å². The summed E-state index contributed by atoms with van der Waals surface area (Å²) in [5, 5.41) is 0.443. The fraction of sp³-hybridized carbons (Fsp3) is 0.182. The molecule has 6 heteroatoms. The van der Waals surface area contributed by atoms with Gasteiger partial charge < -0.3 is 0 Å². The topological polar surface area (TPSA) is 47.8 Å². The van der Waals surface area contributed by atoms with Crippen molar-refractivity contribution in [2.45, 2.75) is 13.5 Å². The smallest absolute Gasteiger partial charge is 0.267 e. The molecule has 0 aliphatic heterocycles. The van der Waals surface area contributed by atoms with Crippen molar-refractivity contribution in [3.63, 3.8) is 0 Å². The van der Waals surface area contributed by atoms with Crippen molar-refractivity contribution in [3.8, 4) is 0 Å². The first-order valence-corrected chi connectivity index (χ1v) is 6.36. The van der Waals surface area contributed by atoms with Gasteiger partial charge >= 0.3 is 0 Å². The predicted molar refractivity (Wildman–Crippen MR) is 74.3 cm³/mol. The van der Waals surface area contributed by atoms with Crippen LogP contribution in [0.4, 0.5) is 0 Å². The summed E-state index contributed by atoms with van der Waals surface area (Å²) in [4.78, 5) is 20.1. The zero-order chi connectivity index (χ0) is 12.4. The molecule has 0 radical (unpaired) electrons. The first kappa shape index (κ1) is 12.5. The highest BCUT2D eigenvalue weighted by atomic mass is 127. The Kier molecular flexibility index (Phi) is 3.78. The van der Waals surface area contributed by atoms with Gasteiger partial charge in [0.2, 0.25) is 0 Å². The highest BCUT2D eigenvalue weighted by Crippen LogP contribution is 2.07. The maximum Gasteiger partial charge on any atom is 0.267 e. The van der Waals surface area contributed by atoms with Crippen molar-refractivity contribution in [1.29, 1.82) is 0 Å². The van der Waals surface area contributed by atoms with Crippen molar-refractivity contribution >= 4 is 34.2 Å². The van der Waals surface area contributed by atoms with Gasteiger partial charge in [-0.2, -0.15) is 0 Å². The van der Waals surface area contributed by atoms with Gasteiger partial charge in [-0.3, -0.25) is 9.36 Å². The van der Waals surface area contributed by atoms with Crippen LogP contribution in [0.1, 0.15) is 11.4 Å². The Hall–Kier alpha value is -0.950. The van der Waals surface area contributed by atoms with Gasteiger partial charge in [0.15, 0.2) is 0 Å². The van der Waals surface area contributed by atoms with E-state index in [0.29, 0.717) is 21.1 Å². The average molecular weight is 362 g/mol. The van der Waals surface area contributed by atoms with Gasteiger partial charge in [-0.1, -0.05) is 17.7 Å². The van der Waals surface area contributed by atoms with Crippen molar-refractivity contribution in [2.24, 2.45) is 0 Å². The normalized spacial score (nSPS) is 10.5. The maximum atomic E-state index is 11.9. The van der Waals surface area contributed by atoms with Gasteiger partial charge in [0.1, 0.15) is 11.0 Å². The molecule has 0 saturated carbocycles. The summed E-state index contributed by atoms with van der Waals surface area (Å²) in [7, 11) is 0. The van der Waals surface area contributed by atoms with Crippen LogP contribution in [0.5, 0.6) is 0 Å². The highest BCUT2D eigenvalue weighted by Gasteiger charge is 2.06. The predicted octanol–water partition coefficient (Wildman–Crippen LogP) is 2.25. The molecule has 2 rings (SSSR count). The molecule has 2 aromatic heterocycles. The summed E-state index contributed by atoms with van der Waals surface area (Å²) in [6.07, 6.45) is 3.24. The van der Waals surface area contributed by atoms with Gasteiger partial charge in [-0.05, 0) is 41.1 Å². The molecule has 0 atom stereocenters. The van der Waals surface area contributed by atoms with Crippen LogP contribution in [-0.4, -0.2) is 14.5 Å². The molecule has 4 nitrogen and oxygen atoms in total. The zero-order valence-corrected chi connectivity index (χ0v) is 11.9. The minimum Gasteiger partial charge on any atom is -0.291 e. The van der Waals surface area contributed by atoms with Crippen molar-refractivity contribution in [1.82, 2.24) is 14.5 Å². The lowest BCUT2D eigenvalue weighted by Crippen LogP contribution is -2.26. The third-order valence-corrected chi connectivity index (χ3v) is 3.30. The largest absolute Gasteiger partial charge is 0.291 e. The fourth-order valence-electron chi connectivity index (χ4n) is 1.42. The van der Waals surface area contributed by atoms with Crippen molar-refractivity contribution < 1.29 is 0 Å². The molecule has 0 fully saturated rings. The Morgan fingerprint density at radius 3 is 2.76 bits per heavy atom. The monoisotopic (exact) mass is 361 g/mol. The van der Waals surface area contributed by atoms with E-state index >= 15 is 0 Å². The van der Waals surface area contributed by atoms with Crippen molar-refractivity contribution in [3.05, 3.63) is 55.0 Å². The average Bonchev–Trinajstić information content (AvgIpc) is 2.32. The maximum absolute atomic E-state index is 11.9. The van der Waals surface area contributed by atoms with E-state index in [1.54, 1.807) is 30.0 Å². The number of hydrogen-bond acceptors (Lipinski definition) is 3. The molecule has 17 heavy (non-hydrogen) atoms. The SMILES string of the molecule is Cc1ncc(I)c(=O)n1Cc1ccc(Cl)nc1. The van der Waals surface area contributed by atoms with E-state index in [4.69, 9.17) is 11.6 Å². The Morgan fingerprint density at radius 2 is 2.12 bits per heavy atom. The lowest BCUT2D eigenvalue weighted by Gasteiger charge is -2.09. The molecule has 0 saturated heterocycles. The van der Waals surface area contributed by atoms with Gasteiger partial charge in [0, 0.05) is 12.4 Å². The highest BCUT2D eigenvalue weighted by molar-refractivity contribution is 14.1. The van der Waals surface area contributed by atoms with E-state index in [9.17, 15) is 4.79 Å². The van der Waals surface area contributed by atoms with Crippen LogP contribution in [-0.2, 0) is 6.54 Å². The Bertz CT molecular complexity index is 595. The first-order chi connectivity index (χ1) is 8.08. The summed E-state index contributed by atoms with van der Waals surface area (Å²) < 4.78 is 2.22. The number of aromatic nitrogens is 3.